The number of halogens is 3. The molecule has 0 spiro atoms. The van der Waals surface area contributed by atoms with Crippen LogP contribution in [0.25, 0.3) is 11.3 Å². The number of nitrogens with zero attached hydrogens (tertiary/aromatic N) is 1. The van der Waals surface area contributed by atoms with Crippen molar-refractivity contribution in [1.29, 1.82) is 0 Å². The molecule has 0 aliphatic carbocycles. The van der Waals surface area contributed by atoms with Crippen molar-refractivity contribution in [3.8, 4) is 17.0 Å². The number of aromatic hydroxyl groups is 1. The Kier molecular flexibility index (Phi) is 2.45. The number of anilines is 1. The van der Waals surface area contributed by atoms with Crippen molar-refractivity contribution in [3.05, 3.63) is 29.8 Å². The molecule has 0 aliphatic heterocycles. The molecule has 1 heterocycles. The Hall–Kier alpha value is -2.18. The number of rotatable bonds is 1. The molecule has 1 aromatic carbocycles. The predicted molar refractivity (Wildman–Crippen MR) is 55.1 cm³/mol. The molecule has 2 aromatic rings. The maximum Gasteiger partial charge on any atom is 0.417 e. The van der Waals surface area contributed by atoms with Crippen molar-refractivity contribution >= 4 is 5.82 Å². The number of hydrogen-bond acceptors (Lipinski definition) is 3. The fraction of sp³-hybridized carbons (Fsp3) is 0.100. The molecule has 7 heteroatoms. The van der Waals surface area contributed by atoms with Gasteiger partial charge in [0.15, 0.2) is 0 Å². The van der Waals surface area contributed by atoms with E-state index >= 15 is 0 Å². The standard InChI is InChI=1S/C10H8F3N3O/c11-10(12,13)7-3-5(17)1-2-6(7)8-4-9(14)16-15-8/h1-4,17H,(H3,14,15,16). The Morgan fingerprint density at radius 2 is 1.94 bits per heavy atom. The minimum absolute atomic E-state index is 0.0983. The van der Waals surface area contributed by atoms with Crippen molar-refractivity contribution in [2.45, 2.75) is 6.18 Å². The molecule has 0 saturated carbocycles. The molecule has 0 atom stereocenters. The van der Waals surface area contributed by atoms with E-state index < -0.39 is 17.5 Å². The van der Waals surface area contributed by atoms with Gasteiger partial charge in [0.2, 0.25) is 0 Å². The first kappa shape index (κ1) is 11.3. The highest BCUT2D eigenvalue weighted by Gasteiger charge is 2.34. The Labute approximate surface area is 93.9 Å². The van der Waals surface area contributed by atoms with Crippen LogP contribution < -0.4 is 5.73 Å². The van der Waals surface area contributed by atoms with E-state index in [0.29, 0.717) is 6.07 Å². The largest absolute Gasteiger partial charge is 0.508 e. The van der Waals surface area contributed by atoms with Crippen LogP contribution in [0.2, 0.25) is 0 Å². The van der Waals surface area contributed by atoms with Gasteiger partial charge in [-0.2, -0.15) is 18.3 Å². The summed E-state index contributed by atoms with van der Waals surface area (Å²) >= 11 is 0. The molecule has 4 N–H and O–H groups in total. The van der Waals surface area contributed by atoms with Crippen molar-refractivity contribution < 1.29 is 18.3 Å². The lowest BCUT2D eigenvalue weighted by Crippen LogP contribution is -2.07. The molecule has 2 rings (SSSR count). The second-order valence-electron chi connectivity index (χ2n) is 3.43. The minimum atomic E-state index is -4.56. The summed E-state index contributed by atoms with van der Waals surface area (Å²) in [6.45, 7) is 0. The summed E-state index contributed by atoms with van der Waals surface area (Å²) in [5, 5.41) is 15.1. The normalized spacial score (nSPS) is 11.7. The minimum Gasteiger partial charge on any atom is -0.508 e. The summed E-state index contributed by atoms with van der Waals surface area (Å²) in [7, 11) is 0. The van der Waals surface area contributed by atoms with Gasteiger partial charge in [-0.3, -0.25) is 5.10 Å². The Morgan fingerprint density at radius 1 is 1.24 bits per heavy atom. The summed E-state index contributed by atoms with van der Waals surface area (Å²) in [5.41, 5.74) is 4.43. The number of alkyl halides is 3. The monoisotopic (exact) mass is 243 g/mol. The average Bonchev–Trinajstić information content (AvgIpc) is 2.63. The fourth-order valence-electron chi connectivity index (χ4n) is 1.48. The summed E-state index contributed by atoms with van der Waals surface area (Å²) in [4.78, 5) is 0. The van der Waals surface area contributed by atoms with Crippen molar-refractivity contribution in [2.75, 3.05) is 5.73 Å². The smallest absolute Gasteiger partial charge is 0.417 e. The maximum atomic E-state index is 12.7. The number of nitrogens with two attached hydrogens (primary N) is 1. The molecule has 4 nitrogen and oxygen atoms in total. The van der Waals surface area contributed by atoms with Crippen molar-refractivity contribution in [1.82, 2.24) is 10.2 Å². The van der Waals surface area contributed by atoms with Gasteiger partial charge in [0, 0.05) is 11.6 Å². The zero-order chi connectivity index (χ0) is 12.6. The number of phenolic OH excluding ortho intramolecular Hbond substituents is 1. The number of hydrogen-bond donors (Lipinski definition) is 3. The van der Waals surface area contributed by atoms with Gasteiger partial charge >= 0.3 is 6.18 Å². The SMILES string of the molecule is Nc1cc(-c2ccc(O)cc2C(F)(F)F)[nH]n1. The van der Waals surface area contributed by atoms with Crippen molar-refractivity contribution in [3.63, 3.8) is 0 Å². The Balaban J connectivity index is 2.61. The molecule has 0 saturated heterocycles. The van der Waals surface area contributed by atoms with E-state index in [1.54, 1.807) is 0 Å². The van der Waals surface area contributed by atoms with Gasteiger partial charge in [0.05, 0.1) is 11.3 Å². The van der Waals surface area contributed by atoms with Crippen LogP contribution in [-0.2, 0) is 6.18 Å². The third-order valence-corrected chi connectivity index (χ3v) is 2.20. The molecular weight excluding hydrogens is 235 g/mol. The van der Waals surface area contributed by atoms with Gasteiger partial charge < -0.3 is 10.8 Å². The topological polar surface area (TPSA) is 74.9 Å². The number of nitrogen functional groups attached to an aromatic ring is 1. The summed E-state index contributed by atoms with van der Waals surface area (Å²) in [6.07, 6.45) is -4.56. The van der Waals surface area contributed by atoms with E-state index in [0.717, 1.165) is 6.07 Å². The molecule has 0 fully saturated rings. The van der Waals surface area contributed by atoms with E-state index in [-0.39, 0.29) is 17.1 Å². The van der Waals surface area contributed by atoms with E-state index in [4.69, 9.17) is 10.8 Å². The quantitative estimate of drug-likeness (QED) is 0.719. The van der Waals surface area contributed by atoms with Crippen molar-refractivity contribution in [2.24, 2.45) is 0 Å². The third-order valence-electron chi connectivity index (χ3n) is 2.20. The Morgan fingerprint density at radius 3 is 2.47 bits per heavy atom. The van der Waals surface area contributed by atoms with Gasteiger partial charge in [-0.25, -0.2) is 0 Å². The number of aromatic nitrogens is 2. The van der Waals surface area contributed by atoms with Crippen LogP contribution in [-0.4, -0.2) is 15.3 Å². The second-order valence-corrected chi connectivity index (χ2v) is 3.43. The van der Waals surface area contributed by atoms with E-state index in [2.05, 4.69) is 10.2 Å². The molecule has 0 aliphatic rings. The molecule has 0 amide bonds. The lowest BCUT2D eigenvalue weighted by molar-refractivity contribution is -0.137. The number of H-pyrrole nitrogens is 1. The van der Waals surface area contributed by atoms with Gasteiger partial charge in [0.1, 0.15) is 11.6 Å². The molecular formula is C10H8F3N3O. The summed E-state index contributed by atoms with van der Waals surface area (Å²) < 4.78 is 38.2. The third kappa shape index (κ3) is 2.17. The van der Waals surface area contributed by atoms with E-state index in [9.17, 15) is 13.2 Å². The molecule has 90 valence electrons. The van der Waals surface area contributed by atoms with Crippen LogP contribution in [0, 0.1) is 0 Å². The highest BCUT2D eigenvalue weighted by molar-refractivity contribution is 5.67. The number of nitrogens with one attached hydrogen (secondary N) is 1. The van der Waals surface area contributed by atoms with Crippen LogP contribution in [0.15, 0.2) is 24.3 Å². The zero-order valence-corrected chi connectivity index (χ0v) is 8.42. The van der Waals surface area contributed by atoms with Gasteiger partial charge in [-0.05, 0) is 18.2 Å². The first-order valence-corrected chi connectivity index (χ1v) is 4.59. The highest BCUT2D eigenvalue weighted by Crippen LogP contribution is 2.38. The Bertz CT molecular complexity index is 548. The van der Waals surface area contributed by atoms with Crippen LogP contribution in [0.1, 0.15) is 5.56 Å². The lowest BCUT2D eigenvalue weighted by Gasteiger charge is -2.11. The molecule has 1 aromatic heterocycles. The van der Waals surface area contributed by atoms with Crippen LogP contribution in [0.5, 0.6) is 5.75 Å². The van der Waals surface area contributed by atoms with Gasteiger partial charge in [-0.1, -0.05) is 0 Å². The maximum absolute atomic E-state index is 12.7. The number of aromatic amines is 1. The highest BCUT2D eigenvalue weighted by atomic mass is 19.4. The van der Waals surface area contributed by atoms with Crippen LogP contribution in [0.4, 0.5) is 19.0 Å². The summed E-state index contributed by atoms with van der Waals surface area (Å²) in [5.74, 6) is -0.352. The first-order chi connectivity index (χ1) is 7.88. The average molecular weight is 243 g/mol. The van der Waals surface area contributed by atoms with Crippen LogP contribution in [0.3, 0.4) is 0 Å². The first-order valence-electron chi connectivity index (χ1n) is 4.59. The predicted octanol–water partition coefficient (Wildman–Crippen LogP) is 2.38. The lowest BCUT2D eigenvalue weighted by atomic mass is 10.0. The number of phenols is 1. The fourth-order valence-corrected chi connectivity index (χ4v) is 1.48. The van der Waals surface area contributed by atoms with Gasteiger partial charge in [-0.15, -0.1) is 0 Å². The van der Waals surface area contributed by atoms with E-state index in [1.807, 2.05) is 0 Å². The molecule has 17 heavy (non-hydrogen) atoms. The zero-order valence-electron chi connectivity index (χ0n) is 8.42. The number of benzene rings is 1. The second kappa shape index (κ2) is 3.69. The van der Waals surface area contributed by atoms with E-state index in [1.165, 1.54) is 12.1 Å². The molecule has 0 unspecified atom stereocenters. The molecule has 0 bridgehead atoms. The van der Waals surface area contributed by atoms with Crippen LogP contribution >= 0.6 is 0 Å². The molecule has 0 radical (unpaired) electrons. The van der Waals surface area contributed by atoms with Gasteiger partial charge in [0.25, 0.3) is 0 Å². The summed E-state index contributed by atoms with van der Waals surface area (Å²) in [6, 6.07) is 4.28.